The Labute approximate surface area is 112 Å². The molecule has 0 spiro atoms. The predicted molar refractivity (Wildman–Crippen MR) is 66.4 cm³/mol. The van der Waals surface area contributed by atoms with Crippen molar-refractivity contribution in [2.24, 2.45) is 0 Å². The Morgan fingerprint density at radius 2 is 2.30 bits per heavy atom. The van der Waals surface area contributed by atoms with E-state index in [2.05, 4.69) is 15.5 Å². The van der Waals surface area contributed by atoms with Crippen molar-refractivity contribution in [2.45, 2.75) is 13.5 Å². The second-order valence-corrected chi connectivity index (χ2v) is 3.88. The third-order valence-corrected chi connectivity index (χ3v) is 2.44. The highest BCUT2D eigenvalue weighted by Crippen LogP contribution is 2.22. The number of benzene rings is 1. The maximum atomic E-state index is 11.0. The molecular weight excluding hydrogens is 268 g/mol. The quantitative estimate of drug-likeness (QED) is 0.622. The van der Waals surface area contributed by atoms with E-state index in [-0.39, 0.29) is 12.1 Å². The zero-order chi connectivity index (χ0) is 14.7. The number of hydrogen-bond acceptors (Lipinski definition) is 7. The van der Waals surface area contributed by atoms with Gasteiger partial charge in [-0.2, -0.15) is 4.98 Å². The van der Waals surface area contributed by atoms with Crippen molar-refractivity contribution in [3.63, 3.8) is 0 Å². The van der Waals surface area contributed by atoms with Crippen LogP contribution >= 0.6 is 0 Å². The highest BCUT2D eigenvalue weighted by molar-refractivity contribution is 5.93. The number of nitrogens with zero attached hydrogens (tertiary/aromatic N) is 3. The molecule has 0 unspecified atom stereocenters. The molecule has 0 aliphatic carbocycles. The van der Waals surface area contributed by atoms with E-state index in [1.807, 2.05) is 0 Å². The van der Waals surface area contributed by atoms with Crippen molar-refractivity contribution < 1.29 is 19.3 Å². The molecule has 104 valence electrons. The number of carboxylic acids is 1. The van der Waals surface area contributed by atoms with Gasteiger partial charge >= 0.3 is 5.97 Å². The van der Waals surface area contributed by atoms with Gasteiger partial charge in [-0.25, -0.2) is 4.79 Å². The van der Waals surface area contributed by atoms with Gasteiger partial charge in [0, 0.05) is 18.7 Å². The first kappa shape index (κ1) is 13.5. The molecule has 20 heavy (non-hydrogen) atoms. The Hall–Kier alpha value is -2.97. The Morgan fingerprint density at radius 3 is 2.85 bits per heavy atom. The molecule has 0 amide bonds. The van der Waals surface area contributed by atoms with Crippen LogP contribution in [0.4, 0.5) is 11.4 Å². The molecular formula is C11H10N4O5. The number of anilines is 1. The maximum absolute atomic E-state index is 11.0. The van der Waals surface area contributed by atoms with Crippen LogP contribution in [0.5, 0.6) is 0 Å². The summed E-state index contributed by atoms with van der Waals surface area (Å²) in [7, 11) is 0. The van der Waals surface area contributed by atoms with Gasteiger partial charge in [0.15, 0.2) is 5.82 Å². The monoisotopic (exact) mass is 278 g/mol. The van der Waals surface area contributed by atoms with E-state index < -0.39 is 16.6 Å². The van der Waals surface area contributed by atoms with Crippen LogP contribution in [0.3, 0.4) is 0 Å². The maximum Gasteiger partial charge on any atom is 0.342 e. The molecule has 1 heterocycles. The molecule has 1 aromatic carbocycles. The number of aromatic nitrogens is 2. The summed E-state index contributed by atoms with van der Waals surface area (Å²) < 4.78 is 4.78. The summed E-state index contributed by atoms with van der Waals surface area (Å²) in [4.78, 5) is 24.9. The van der Waals surface area contributed by atoms with Gasteiger partial charge < -0.3 is 14.9 Å². The van der Waals surface area contributed by atoms with Crippen molar-refractivity contribution in [1.82, 2.24) is 10.1 Å². The number of nitrogens with one attached hydrogen (secondary N) is 1. The fraction of sp³-hybridized carbons (Fsp3) is 0.182. The lowest BCUT2D eigenvalue weighted by Gasteiger charge is -2.05. The average molecular weight is 278 g/mol. The second kappa shape index (κ2) is 5.34. The third-order valence-electron chi connectivity index (χ3n) is 2.44. The minimum Gasteiger partial charge on any atom is -0.477 e. The lowest BCUT2D eigenvalue weighted by molar-refractivity contribution is -0.385. The van der Waals surface area contributed by atoms with Crippen LogP contribution in [0.25, 0.3) is 0 Å². The van der Waals surface area contributed by atoms with Gasteiger partial charge in [0.2, 0.25) is 5.89 Å². The molecule has 9 nitrogen and oxygen atoms in total. The Kier molecular flexibility index (Phi) is 3.60. The fourth-order valence-corrected chi connectivity index (χ4v) is 1.57. The molecule has 0 atom stereocenters. The van der Waals surface area contributed by atoms with Gasteiger partial charge in [-0.15, -0.1) is 0 Å². The van der Waals surface area contributed by atoms with Crippen LogP contribution in [-0.4, -0.2) is 26.1 Å². The predicted octanol–water partition coefficient (Wildman–Crippen LogP) is 1.60. The number of rotatable bonds is 5. The number of nitro benzene ring substituents is 1. The van der Waals surface area contributed by atoms with Gasteiger partial charge in [0.1, 0.15) is 5.56 Å². The molecule has 0 bridgehead atoms. The second-order valence-electron chi connectivity index (χ2n) is 3.88. The molecule has 2 N–H and O–H groups in total. The first-order valence-electron chi connectivity index (χ1n) is 5.52. The lowest BCUT2D eigenvalue weighted by Crippen LogP contribution is -2.06. The minimum absolute atomic E-state index is 0.216. The van der Waals surface area contributed by atoms with Crippen molar-refractivity contribution in [3.05, 3.63) is 45.6 Å². The molecule has 1 aromatic heterocycles. The summed E-state index contributed by atoms with van der Waals surface area (Å²) in [5, 5.41) is 26.2. The van der Waals surface area contributed by atoms with Gasteiger partial charge in [0.05, 0.1) is 11.5 Å². The summed E-state index contributed by atoms with van der Waals surface area (Å²) in [6.07, 6.45) is 0. The van der Waals surface area contributed by atoms with Crippen LogP contribution in [0, 0.1) is 17.0 Å². The lowest BCUT2D eigenvalue weighted by atomic mass is 10.1. The van der Waals surface area contributed by atoms with Gasteiger partial charge in [-0.3, -0.25) is 10.1 Å². The number of aromatic carboxylic acids is 1. The Bertz CT molecular complexity index is 667. The van der Waals surface area contributed by atoms with Crippen LogP contribution in [0.15, 0.2) is 22.7 Å². The Morgan fingerprint density at radius 1 is 1.55 bits per heavy atom. The molecule has 9 heteroatoms. The standard InChI is InChI=1S/C11H10N4O5/c1-6-13-10(14-20-6)5-12-7-2-3-9(15(18)19)8(4-7)11(16)17/h2-4,12H,5H2,1H3,(H,16,17). The normalized spacial score (nSPS) is 10.2. The Balaban J connectivity index is 2.18. The van der Waals surface area contributed by atoms with E-state index in [1.165, 1.54) is 12.1 Å². The van der Waals surface area contributed by atoms with E-state index in [0.717, 1.165) is 6.07 Å². The molecule has 2 aromatic rings. The zero-order valence-corrected chi connectivity index (χ0v) is 10.4. The SMILES string of the molecule is Cc1nc(CNc2ccc([N+](=O)[O-])c(C(=O)O)c2)no1. The number of carboxylic acid groups (broad SMARTS) is 1. The summed E-state index contributed by atoms with van der Waals surface area (Å²) in [5.74, 6) is -0.551. The summed E-state index contributed by atoms with van der Waals surface area (Å²) in [5.41, 5.74) is -0.432. The zero-order valence-electron chi connectivity index (χ0n) is 10.4. The van der Waals surface area contributed by atoms with Gasteiger partial charge in [0.25, 0.3) is 5.69 Å². The van der Waals surface area contributed by atoms with E-state index in [4.69, 9.17) is 9.63 Å². The van der Waals surface area contributed by atoms with Crippen molar-refractivity contribution >= 4 is 17.3 Å². The molecule has 0 aliphatic rings. The molecule has 0 radical (unpaired) electrons. The molecule has 0 fully saturated rings. The van der Waals surface area contributed by atoms with Crippen LogP contribution in [0.1, 0.15) is 22.1 Å². The number of aryl methyl sites for hydroxylation is 1. The molecule has 0 saturated heterocycles. The van der Waals surface area contributed by atoms with Gasteiger partial charge in [-0.05, 0) is 12.1 Å². The topological polar surface area (TPSA) is 131 Å². The first-order valence-corrected chi connectivity index (χ1v) is 5.52. The fourth-order valence-electron chi connectivity index (χ4n) is 1.57. The average Bonchev–Trinajstić information content (AvgIpc) is 2.81. The minimum atomic E-state index is -1.37. The third kappa shape index (κ3) is 2.88. The largest absolute Gasteiger partial charge is 0.477 e. The number of carbonyl (C=O) groups is 1. The van der Waals surface area contributed by atoms with Crippen molar-refractivity contribution in [1.29, 1.82) is 0 Å². The summed E-state index contributed by atoms with van der Waals surface area (Å²) >= 11 is 0. The molecule has 2 rings (SSSR count). The first-order chi connectivity index (χ1) is 9.47. The van der Waals surface area contributed by atoms with Crippen LogP contribution < -0.4 is 5.32 Å². The van der Waals surface area contributed by atoms with E-state index in [1.54, 1.807) is 6.92 Å². The number of hydrogen-bond donors (Lipinski definition) is 2. The summed E-state index contributed by atoms with van der Waals surface area (Å²) in [6, 6.07) is 3.73. The molecule has 0 saturated carbocycles. The smallest absolute Gasteiger partial charge is 0.342 e. The van der Waals surface area contributed by atoms with Crippen molar-refractivity contribution in [3.8, 4) is 0 Å². The van der Waals surface area contributed by atoms with Crippen LogP contribution in [-0.2, 0) is 6.54 Å². The van der Waals surface area contributed by atoms with Crippen LogP contribution in [0.2, 0.25) is 0 Å². The number of nitro groups is 1. The van der Waals surface area contributed by atoms with E-state index >= 15 is 0 Å². The highest BCUT2D eigenvalue weighted by atomic mass is 16.6. The van der Waals surface area contributed by atoms with E-state index in [0.29, 0.717) is 17.4 Å². The van der Waals surface area contributed by atoms with E-state index in [9.17, 15) is 14.9 Å². The van der Waals surface area contributed by atoms with Gasteiger partial charge in [-0.1, -0.05) is 5.16 Å². The highest BCUT2D eigenvalue weighted by Gasteiger charge is 2.19. The summed E-state index contributed by atoms with van der Waals surface area (Å²) in [6.45, 7) is 1.86. The molecule has 0 aliphatic heterocycles. The van der Waals surface area contributed by atoms with Crippen molar-refractivity contribution in [2.75, 3.05) is 5.32 Å².